The van der Waals surface area contributed by atoms with E-state index in [1.165, 1.54) is 0 Å². The third-order valence-corrected chi connectivity index (χ3v) is 4.21. The van der Waals surface area contributed by atoms with Gasteiger partial charge in [-0.3, -0.25) is 14.4 Å². The smallest absolute Gasteiger partial charge is 0.303 e. The number of nitrogens with one attached hydrogen (secondary N) is 2. The van der Waals surface area contributed by atoms with Crippen LogP contribution in [0.25, 0.3) is 0 Å². The molecule has 0 bridgehead atoms. The molecule has 106 valence electrons. The second-order valence-electron chi connectivity index (χ2n) is 5.68. The number of piperidine rings is 1. The van der Waals surface area contributed by atoms with Gasteiger partial charge in [0.15, 0.2) is 0 Å². The Balaban J connectivity index is 1.79. The number of rotatable bonds is 5. The molecule has 0 spiro atoms. The molecule has 3 N–H and O–H groups in total. The average Bonchev–Trinajstić information content (AvgIpc) is 2.32. The molecule has 1 aliphatic heterocycles. The monoisotopic (exact) mass is 268 g/mol. The zero-order valence-electron chi connectivity index (χ0n) is 10.9. The fourth-order valence-corrected chi connectivity index (χ4v) is 2.79. The third kappa shape index (κ3) is 3.45. The molecule has 1 atom stereocenters. The Kier molecular flexibility index (Phi) is 4.07. The van der Waals surface area contributed by atoms with E-state index < -0.39 is 5.97 Å². The molecule has 19 heavy (non-hydrogen) atoms. The maximum Gasteiger partial charge on any atom is 0.303 e. The summed E-state index contributed by atoms with van der Waals surface area (Å²) >= 11 is 0. The maximum absolute atomic E-state index is 12.0. The van der Waals surface area contributed by atoms with E-state index in [0.717, 1.165) is 19.3 Å². The van der Waals surface area contributed by atoms with Gasteiger partial charge < -0.3 is 15.7 Å². The Morgan fingerprint density at radius 2 is 2.16 bits per heavy atom. The number of hydrogen-bond acceptors (Lipinski definition) is 3. The molecule has 1 heterocycles. The van der Waals surface area contributed by atoms with E-state index in [-0.39, 0.29) is 29.6 Å². The average molecular weight is 268 g/mol. The fourth-order valence-electron chi connectivity index (χ4n) is 2.79. The van der Waals surface area contributed by atoms with Crippen LogP contribution in [0, 0.1) is 11.3 Å². The van der Waals surface area contributed by atoms with Crippen molar-refractivity contribution in [3.05, 3.63) is 0 Å². The molecule has 2 fully saturated rings. The van der Waals surface area contributed by atoms with Gasteiger partial charge >= 0.3 is 5.97 Å². The first kappa shape index (κ1) is 13.8. The predicted octanol–water partition coefficient (Wildman–Crippen LogP) is 0.274. The van der Waals surface area contributed by atoms with E-state index >= 15 is 0 Å². The van der Waals surface area contributed by atoms with Crippen LogP contribution in [0.1, 0.15) is 38.5 Å². The lowest BCUT2D eigenvalue weighted by atomic mass is 9.66. The topological polar surface area (TPSA) is 95.5 Å². The van der Waals surface area contributed by atoms with Crippen molar-refractivity contribution < 1.29 is 19.5 Å². The molecular formula is C13H20N2O4. The van der Waals surface area contributed by atoms with Crippen molar-refractivity contribution >= 4 is 17.8 Å². The highest BCUT2D eigenvalue weighted by Crippen LogP contribution is 2.43. The van der Waals surface area contributed by atoms with Gasteiger partial charge in [0.2, 0.25) is 11.8 Å². The quantitative estimate of drug-likeness (QED) is 0.667. The molecule has 2 amide bonds. The molecule has 6 heteroatoms. The predicted molar refractivity (Wildman–Crippen MR) is 67.3 cm³/mol. The van der Waals surface area contributed by atoms with Gasteiger partial charge in [-0.15, -0.1) is 0 Å². The van der Waals surface area contributed by atoms with Crippen molar-refractivity contribution in [2.75, 3.05) is 13.1 Å². The second-order valence-corrected chi connectivity index (χ2v) is 5.68. The molecule has 0 radical (unpaired) electrons. The summed E-state index contributed by atoms with van der Waals surface area (Å²) in [5.41, 5.74) is -0.251. The number of carbonyl (C=O) groups excluding carboxylic acids is 2. The maximum atomic E-state index is 12.0. The third-order valence-electron chi connectivity index (χ3n) is 4.21. The standard InChI is InChI=1S/C13H20N2O4/c16-10-3-2-9(7-14-10)12(19)15-8-13(4-1-5-13)6-11(17)18/h9H,1-8H2,(H,14,16)(H,15,19)(H,17,18). The largest absolute Gasteiger partial charge is 0.481 e. The zero-order chi connectivity index (χ0) is 13.9. The Labute approximate surface area is 111 Å². The normalized spacial score (nSPS) is 25.1. The number of carbonyl (C=O) groups is 3. The fraction of sp³-hybridized carbons (Fsp3) is 0.769. The van der Waals surface area contributed by atoms with Crippen LogP contribution in [0.2, 0.25) is 0 Å². The lowest BCUT2D eigenvalue weighted by Gasteiger charge is -2.41. The van der Waals surface area contributed by atoms with Crippen molar-refractivity contribution in [3.63, 3.8) is 0 Å². The summed E-state index contributed by atoms with van der Waals surface area (Å²) in [6.45, 7) is 0.819. The first-order valence-electron chi connectivity index (χ1n) is 6.77. The second kappa shape index (κ2) is 5.59. The number of carboxylic acids is 1. The lowest BCUT2D eigenvalue weighted by Crippen LogP contribution is -2.48. The number of carboxylic acid groups (broad SMARTS) is 1. The van der Waals surface area contributed by atoms with Crippen LogP contribution in [0.15, 0.2) is 0 Å². The molecular weight excluding hydrogens is 248 g/mol. The van der Waals surface area contributed by atoms with Crippen molar-refractivity contribution in [2.45, 2.75) is 38.5 Å². The van der Waals surface area contributed by atoms with Crippen LogP contribution in [-0.4, -0.2) is 36.0 Å². The van der Waals surface area contributed by atoms with E-state index in [2.05, 4.69) is 10.6 Å². The first-order valence-corrected chi connectivity index (χ1v) is 6.77. The van der Waals surface area contributed by atoms with Gasteiger partial charge in [-0.25, -0.2) is 0 Å². The van der Waals surface area contributed by atoms with Gasteiger partial charge in [0.25, 0.3) is 0 Å². The van der Waals surface area contributed by atoms with E-state index in [9.17, 15) is 14.4 Å². The van der Waals surface area contributed by atoms with E-state index in [1.54, 1.807) is 0 Å². The minimum Gasteiger partial charge on any atom is -0.481 e. The molecule has 0 aromatic heterocycles. The molecule has 1 saturated carbocycles. The van der Waals surface area contributed by atoms with Crippen molar-refractivity contribution in [1.29, 1.82) is 0 Å². The Bertz CT molecular complexity index is 380. The summed E-state index contributed by atoms with van der Waals surface area (Å²) < 4.78 is 0. The van der Waals surface area contributed by atoms with Crippen LogP contribution in [0.5, 0.6) is 0 Å². The number of amides is 2. The molecule has 1 aliphatic carbocycles. The highest BCUT2D eigenvalue weighted by molar-refractivity contribution is 5.83. The van der Waals surface area contributed by atoms with E-state index in [0.29, 0.717) is 25.9 Å². The molecule has 1 unspecified atom stereocenters. The molecule has 0 aromatic rings. The SMILES string of the molecule is O=C(O)CC1(CNC(=O)C2CCC(=O)NC2)CCC1. The van der Waals surface area contributed by atoms with Gasteiger partial charge in [-0.05, 0) is 24.7 Å². The van der Waals surface area contributed by atoms with Gasteiger partial charge in [0.1, 0.15) is 0 Å². The summed E-state index contributed by atoms with van der Waals surface area (Å²) in [4.78, 5) is 33.8. The van der Waals surface area contributed by atoms with Crippen LogP contribution in [0.3, 0.4) is 0 Å². The van der Waals surface area contributed by atoms with Crippen LogP contribution in [0.4, 0.5) is 0 Å². The first-order chi connectivity index (χ1) is 9.01. The summed E-state index contributed by atoms with van der Waals surface area (Å²) in [7, 11) is 0. The summed E-state index contributed by atoms with van der Waals surface area (Å²) in [6.07, 6.45) is 3.83. The number of hydrogen-bond donors (Lipinski definition) is 3. The highest BCUT2D eigenvalue weighted by atomic mass is 16.4. The summed E-state index contributed by atoms with van der Waals surface area (Å²) in [5, 5.41) is 14.4. The highest BCUT2D eigenvalue weighted by Gasteiger charge is 2.39. The molecule has 0 aromatic carbocycles. The minimum absolute atomic E-state index is 0.00890. The van der Waals surface area contributed by atoms with Crippen molar-refractivity contribution in [2.24, 2.45) is 11.3 Å². The van der Waals surface area contributed by atoms with Crippen LogP contribution in [-0.2, 0) is 14.4 Å². The van der Waals surface area contributed by atoms with Gasteiger partial charge in [-0.2, -0.15) is 0 Å². The van der Waals surface area contributed by atoms with E-state index in [1.807, 2.05) is 0 Å². The molecule has 2 aliphatic rings. The van der Waals surface area contributed by atoms with Gasteiger partial charge in [-0.1, -0.05) is 6.42 Å². The lowest BCUT2D eigenvalue weighted by molar-refractivity contribution is -0.142. The Morgan fingerprint density at radius 3 is 2.63 bits per heavy atom. The molecule has 1 saturated heterocycles. The van der Waals surface area contributed by atoms with Crippen molar-refractivity contribution in [1.82, 2.24) is 10.6 Å². The van der Waals surface area contributed by atoms with Crippen LogP contribution < -0.4 is 10.6 Å². The Hall–Kier alpha value is -1.59. The molecule has 6 nitrogen and oxygen atoms in total. The van der Waals surface area contributed by atoms with Crippen molar-refractivity contribution in [3.8, 4) is 0 Å². The summed E-state index contributed by atoms with van der Waals surface area (Å²) in [5.74, 6) is -1.07. The van der Waals surface area contributed by atoms with Crippen LogP contribution >= 0.6 is 0 Å². The minimum atomic E-state index is -0.807. The Morgan fingerprint density at radius 1 is 1.42 bits per heavy atom. The van der Waals surface area contributed by atoms with Gasteiger partial charge in [0, 0.05) is 19.5 Å². The zero-order valence-corrected chi connectivity index (χ0v) is 10.9. The van der Waals surface area contributed by atoms with Gasteiger partial charge in [0.05, 0.1) is 12.3 Å². The van der Waals surface area contributed by atoms with E-state index in [4.69, 9.17) is 5.11 Å². The molecule has 2 rings (SSSR count). The number of aliphatic carboxylic acids is 1. The summed E-state index contributed by atoms with van der Waals surface area (Å²) in [6, 6.07) is 0.